The summed E-state index contributed by atoms with van der Waals surface area (Å²) in [5, 5.41) is 11.1. The summed E-state index contributed by atoms with van der Waals surface area (Å²) in [6.45, 7) is 3.78. The molecular weight excluding hydrogens is 202 g/mol. The van der Waals surface area contributed by atoms with E-state index in [0.29, 0.717) is 11.5 Å². The summed E-state index contributed by atoms with van der Waals surface area (Å²) in [5.74, 6) is 0.207. The number of rotatable bonds is 7. The first-order valence-electron chi connectivity index (χ1n) is 4.45. The van der Waals surface area contributed by atoms with E-state index in [1.54, 1.807) is 0 Å². The van der Waals surface area contributed by atoms with Crippen LogP contribution in [-0.2, 0) is 9.59 Å². The molecule has 0 heterocycles. The number of carbonyl (C=O) groups is 2. The number of carbonyl (C=O) groups excluding carboxylic acids is 1. The van der Waals surface area contributed by atoms with Gasteiger partial charge in [-0.05, 0) is 13.8 Å². The average molecular weight is 218 g/mol. The van der Waals surface area contributed by atoms with E-state index >= 15 is 0 Å². The van der Waals surface area contributed by atoms with E-state index in [-0.39, 0.29) is 18.4 Å². The van der Waals surface area contributed by atoms with E-state index in [4.69, 9.17) is 5.11 Å². The third-order valence-electron chi connectivity index (χ3n) is 1.28. The van der Waals surface area contributed by atoms with Crippen LogP contribution in [0.2, 0.25) is 0 Å². The van der Waals surface area contributed by atoms with Crippen LogP contribution in [0.15, 0.2) is 0 Å². The van der Waals surface area contributed by atoms with E-state index in [0.717, 1.165) is 0 Å². The van der Waals surface area contributed by atoms with Crippen molar-refractivity contribution >= 4 is 23.6 Å². The zero-order valence-corrected chi connectivity index (χ0v) is 9.26. The Morgan fingerprint density at radius 1 is 1.50 bits per heavy atom. The summed E-state index contributed by atoms with van der Waals surface area (Å²) in [5.41, 5.74) is 0. The van der Waals surface area contributed by atoms with Crippen LogP contribution < -0.4 is 5.32 Å². The van der Waals surface area contributed by atoms with Crippen molar-refractivity contribution in [2.45, 2.75) is 26.3 Å². The molecule has 0 unspecified atom stereocenters. The van der Waals surface area contributed by atoms with Gasteiger partial charge in [0.1, 0.15) is 0 Å². The monoisotopic (exact) mass is 218 g/mol. The number of amides is 1. The van der Waals surface area contributed by atoms with Crippen molar-refractivity contribution in [3.8, 4) is 0 Å². The molecule has 0 aromatic rings. The van der Waals surface area contributed by atoms with Crippen molar-refractivity contribution in [2.24, 2.45) is 0 Å². The molecule has 5 heteroatoms. The van der Waals surface area contributed by atoms with Gasteiger partial charge in [0.2, 0.25) is 5.91 Å². The number of carboxylic acid groups (broad SMARTS) is 1. The first-order chi connectivity index (χ1) is 6.52. The summed E-state index contributed by atoms with van der Waals surface area (Å²) >= 11 is 1.44. The van der Waals surface area contributed by atoms with E-state index in [1.165, 1.54) is 18.2 Å². The van der Waals surface area contributed by atoms with Crippen LogP contribution in [0.4, 0.5) is 0 Å². The van der Waals surface area contributed by atoms with Gasteiger partial charge in [0.05, 0.1) is 12.8 Å². The number of hydrogen-bond donors (Lipinski definition) is 2. The number of hydrogen-bond acceptors (Lipinski definition) is 3. The van der Waals surface area contributed by atoms with E-state index in [2.05, 4.69) is 5.32 Å². The summed E-state index contributed by atoms with van der Waals surface area (Å²) in [6.07, 6.45) is 1.68. The second-order valence-electron chi connectivity index (χ2n) is 3.09. The molecular formula is C9H16NO3S. The van der Waals surface area contributed by atoms with Gasteiger partial charge in [0, 0.05) is 17.5 Å². The standard InChI is InChI=1S/C9H16NO3S/c1-7(2)10-8(11)3-5-14-6-4-9(12)13/h3,7H,4-6H2,1-2H3,(H,10,11)(H,12,13). The molecule has 0 fully saturated rings. The minimum Gasteiger partial charge on any atom is -0.481 e. The van der Waals surface area contributed by atoms with Crippen LogP contribution in [-0.4, -0.2) is 34.5 Å². The lowest BCUT2D eigenvalue weighted by Crippen LogP contribution is -2.30. The van der Waals surface area contributed by atoms with Gasteiger partial charge in [-0.3, -0.25) is 9.59 Å². The molecule has 0 saturated carbocycles. The smallest absolute Gasteiger partial charge is 0.304 e. The van der Waals surface area contributed by atoms with Crippen molar-refractivity contribution in [3.05, 3.63) is 6.42 Å². The number of carboxylic acids is 1. The first kappa shape index (κ1) is 13.3. The maximum atomic E-state index is 11.1. The van der Waals surface area contributed by atoms with Gasteiger partial charge in [-0.2, -0.15) is 11.8 Å². The second-order valence-corrected chi connectivity index (χ2v) is 4.24. The van der Waals surface area contributed by atoms with Crippen molar-refractivity contribution in [2.75, 3.05) is 11.5 Å². The summed E-state index contributed by atoms with van der Waals surface area (Å²) in [6, 6.07) is 0.141. The molecule has 0 rings (SSSR count). The average Bonchev–Trinajstić information content (AvgIpc) is 2.01. The molecule has 0 spiro atoms. The molecule has 0 aliphatic carbocycles. The molecule has 0 aromatic carbocycles. The van der Waals surface area contributed by atoms with Crippen molar-refractivity contribution in [3.63, 3.8) is 0 Å². The molecule has 0 aliphatic heterocycles. The highest BCUT2D eigenvalue weighted by atomic mass is 32.2. The van der Waals surface area contributed by atoms with Gasteiger partial charge >= 0.3 is 5.97 Å². The van der Waals surface area contributed by atoms with Crippen LogP contribution in [0.5, 0.6) is 0 Å². The maximum absolute atomic E-state index is 11.1. The third kappa shape index (κ3) is 9.38. The Kier molecular flexibility index (Phi) is 7.28. The predicted octanol–water partition coefficient (Wildman–Crippen LogP) is 0.923. The highest BCUT2D eigenvalue weighted by Gasteiger charge is 2.03. The SMILES string of the molecule is CC(C)NC(=O)[CH]CSCCC(=O)O. The fourth-order valence-electron chi connectivity index (χ4n) is 0.721. The number of thioether (sulfide) groups is 1. The highest BCUT2D eigenvalue weighted by Crippen LogP contribution is 2.03. The minimum absolute atomic E-state index is 0.0946. The largest absolute Gasteiger partial charge is 0.481 e. The zero-order chi connectivity index (χ0) is 11.0. The van der Waals surface area contributed by atoms with Crippen LogP contribution in [0.1, 0.15) is 20.3 Å². The Bertz CT molecular complexity index is 194. The normalized spacial score (nSPS) is 10.2. The van der Waals surface area contributed by atoms with Crippen molar-refractivity contribution in [1.82, 2.24) is 5.32 Å². The molecule has 0 bridgehead atoms. The topological polar surface area (TPSA) is 66.4 Å². The number of aliphatic carboxylic acids is 1. The van der Waals surface area contributed by atoms with Crippen LogP contribution in [0.3, 0.4) is 0 Å². The lowest BCUT2D eigenvalue weighted by Gasteiger charge is -2.06. The van der Waals surface area contributed by atoms with E-state index < -0.39 is 5.97 Å². The summed E-state index contributed by atoms with van der Waals surface area (Å²) < 4.78 is 0. The Morgan fingerprint density at radius 3 is 2.64 bits per heavy atom. The minimum atomic E-state index is -0.802. The highest BCUT2D eigenvalue weighted by molar-refractivity contribution is 7.99. The Hall–Kier alpha value is -0.710. The fraction of sp³-hybridized carbons (Fsp3) is 0.667. The molecule has 0 aliphatic rings. The first-order valence-corrected chi connectivity index (χ1v) is 5.61. The number of nitrogens with one attached hydrogen (secondary N) is 1. The molecule has 1 radical (unpaired) electrons. The quantitative estimate of drug-likeness (QED) is 0.624. The van der Waals surface area contributed by atoms with Crippen LogP contribution in [0.25, 0.3) is 0 Å². The van der Waals surface area contributed by atoms with Crippen molar-refractivity contribution < 1.29 is 14.7 Å². The molecule has 4 nitrogen and oxygen atoms in total. The van der Waals surface area contributed by atoms with Gasteiger partial charge in [-0.15, -0.1) is 0 Å². The third-order valence-corrected chi connectivity index (χ3v) is 2.17. The van der Waals surface area contributed by atoms with Gasteiger partial charge in [-0.1, -0.05) is 0 Å². The zero-order valence-electron chi connectivity index (χ0n) is 8.45. The molecule has 0 atom stereocenters. The van der Waals surface area contributed by atoms with Crippen LogP contribution in [0, 0.1) is 6.42 Å². The lowest BCUT2D eigenvalue weighted by molar-refractivity contribution is -0.136. The molecule has 0 aromatic heterocycles. The van der Waals surface area contributed by atoms with Crippen LogP contribution >= 0.6 is 11.8 Å². The molecule has 14 heavy (non-hydrogen) atoms. The Morgan fingerprint density at radius 2 is 2.14 bits per heavy atom. The molecule has 1 amide bonds. The Balaban J connectivity index is 3.27. The van der Waals surface area contributed by atoms with Gasteiger partial charge in [0.15, 0.2) is 0 Å². The fourth-order valence-corrected chi connectivity index (χ4v) is 1.48. The second kappa shape index (κ2) is 7.67. The molecule has 0 saturated heterocycles. The molecule has 81 valence electrons. The predicted molar refractivity (Wildman–Crippen MR) is 57.2 cm³/mol. The van der Waals surface area contributed by atoms with Gasteiger partial charge < -0.3 is 10.4 Å². The van der Waals surface area contributed by atoms with Crippen molar-refractivity contribution in [1.29, 1.82) is 0 Å². The Labute approximate surface area is 88.4 Å². The van der Waals surface area contributed by atoms with E-state index in [1.807, 2.05) is 13.8 Å². The van der Waals surface area contributed by atoms with E-state index in [9.17, 15) is 9.59 Å². The lowest BCUT2D eigenvalue weighted by atomic mass is 10.3. The van der Waals surface area contributed by atoms with Gasteiger partial charge in [-0.25, -0.2) is 0 Å². The summed E-state index contributed by atoms with van der Waals surface area (Å²) in [4.78, 5) is 21.2. The van der Waals surface area contributed by atoms with Gasteiger partial charge in [0.25, 0.3) is 0 Å². The summed E-state index contributed by atoms with van der Waals surface area (Å²) in [7, 11) is 0. The molecule has 2 N–H and O–H groups in total. The maximum Gasteiger partial charge on any atom is 0.304 e.